The van der Waals surface area contributed by atoms with E-state index in [1.54, 1.807) is 6.92 Å². The van der Waals surface area contributed by atoms with Crippen LogP contribution in [-0.2, 0) is 9.47 Å². The summed E-state index contributed by atoms with van der Waals surface area (Å²) in [5.74, 6) is 0.326. The van der Waals surface area contributed by atoms with Crippen molar-refractivity contribution in [3.8, 4) is 0 Å². The molecule has 0 spiro atoms. The molecule has 1 heterocycles. The third kappa shape index (κ3) is 5.17. The van der Waals surface area contributed by atoms with Crippen molar-refractivity contribution in [3.63, 3.8) is 0 Å². The fourth-order valence-corrected chi connectivity index (χ4v) is 3.90. The van der Waals surface area contributed by atoms with Gasteiger partial charge in [-0.2, -0.15) is 0 Å². The number of aliphatic hydroxyl groups excluding tert-OH is 3. The lowest BCUT2D eigenvalue weighted by molar-refractivity contribution is -0.325. The molecule has 0 amide bonds. The summed E-state index contributed by atoms with van der Waals surface area (Å²) < 4.78 is 12.0. The first-order valence-electron chi connectivity index (χ1n) is 9.80. The highest BCUT2D eigenvalue weighted by Crippen LogP contribution is 2.40. The summed E-state index contributed by atoms with van der Waals surface area (Å²) >= 11 is 0. The summed E-state index contributed by atoms with van der Waals surface area (Å²) in [6, 6.07) is 0. The molecule has 0 aromatic rings. The van der Waals surface area contributed by atoms with Crippen molar-refractivity contribution in [3.05, 3.63) is 23.3 Å². The Morgan fingerprint density at radius 1 is 1.27 bits per heavy atom. The van der Waals surface area contributed by atoms with E-state index >= 15 is 0 Å². The molecular formula is C21H36O5. The maximum atomic E-state index is 10.4. The molecule has 2 aliphatic rings. The maximum Gasteiger partial charge on any atom is 0.187 e. The molecule has 5 nitrogen and oxygen atoms in total. The first-order chi connectivity index (χ1) is 12.1. The average Bonchev–Trinajstić information content (AvgIpc) is 2.58. The zero-order valence-electron chi connectivity index (χ0n) is 16.8. The number of ether oxygens (including phenoxy) is 2. The molecule has 7 atom stereocenters. The number of hydrogen-bond donors (Lipinski definition) is 3. The second-order valence-corrected chi connectivity index (χ2v) is 8.45. The standard InChI is InChI=1S/C21H36O5/c1-13(2)7-6-12-21(5,16-10-8-14(3)9-11-16)26-20-19(24)18(23)17(22)15(4)25-20/h7-8,15-20,22-24H,6,9-12H2,1-5H3/t15-,16-,17+,18+,19-,20+,21+/m1/s1. The second kappa shape index (κ2) is 8.98. The Labute approximate surface area is 157 Å². The molecule has 5 heteroatoms. The minimum Gasteiger partial charge on any atom is -0.388 e. The maximum absolute atomic E-state index is 10.4. The van der Waals surface area contributed by atoms with E-state index in [0.29, 0.717) is 5.92 Å². The summed E-state index contributed by atoms with van der Waals surface area (Å²) in [5, 5.41) is 30.4. The SMILES string of the molecule is CC(C)=CCC[C@](C)(O[C@@H]1O[C@H](C)[C@H](O)[C@H](O)[C@H]1O)[C@@H]1CC=C(C)CC1. The Kier molecular flexibility index (Phi) is 7.45. The minimum atomic E-state index is -1.26. The van der Waals surface area contributed by atoms with Crippen LogP contribution in [0, 0.1) is 5.92 Å². The van der Waals surface area contributed by atoms with Crippen molar-refractivity contribution >= 4 is 0 Å². The van der Waals surface area contributed by atoms with Gasteiger partial charge in [0.15, 0.2) is 6.29 Å². The summed E-state index contributed by atoms with van der Waals surface area (Å²) in [4.78, 5) is 0. The number of hydrogen-bond acceptors (Lipinski definition) is 5. The number of allylic oxidation sites excluding steroid dienone is 4. The molecule has 26 heavy (non-hydrogen) atoms. The van der Waals surface area contributed by atoms with Crippen molar-refractivity contribution in [2.24, 2.45) is 5.92 Å². The highest BCUT2D eigenvalue weighted by atomic mass is 16.7. The average molecular weight is 369 g/mol. The second-order valence-electron chi connectivity index (χ2n) is 8.45. The molecule has 1 saturated heterocycles. The van der Waals surface area contributed by atoms with Gasteiger partial charge in [-0.25, -0.2) is 0 Å². The Balaban J connectivity index is 2.16. The van der Waals surface area contributed by atoms with Gasteiger partial charge >= 0.3 is 0 Å². The first kappa shape index (κ1) is 21.6. The molecule has 2 rings (SSSR count). The van der Waals surface area contributed by atoms with Gasteiger partial charge in [-0.15, -0.1) is 0 Å². The van der Waals surface area contributed by atoms with Crippen LogP contribution in [0.3, 0.4) is 0 Å². The lowest BCUT2D eigenvalue weighted by atomic mass is 9.76. The lowest BCUT2D eigenvalue weighted by Gasteiger charge is -2.46. The van der Waals surface area contributed by atoms with Crippen LogP contribution in [-0.4, -0.2) is 51.6 Å². The van der Waals surface area contributed by atoms with Gasteiger partial charge in [-0.05, 0) is 72.6 Å². The molecule has 0 unspecified atom stereocenters. The predicted molar refractivity (Wildman–Crippen MR) is 102 cm³/mol. The van der Waals surface area contributed by atoms with Gasteiger partial charge in [0.05, 0.1) is 11.7 Å². The molecule has 150 valence electrons. The number of aliphatic hydroxyl groups is 3. The van der Waals surface area contributed by atoms with Crippen LogP contribution in [0.1, 0.15) is 66.7 Å². The summed E-state index contributed by atoms with van der Waals surface area (Å²) in [7, 11) is 0. The molecule has 1 aliphatic heterocycles. The van der Waals surface area contributed by atoms with Crippen molar-refractivity contribution in [2.45, 2.75) is 103 Å². The zero-order chi connectivity index (χ0) is 19.5. The molecule has 1 fully saturated rings. The van der Waals surface area contributed by atoms with Crippen LogP contribution in [0.5, 0.6) is 0 Å². The molecule has 0 bridgehead atoms. The third-order valence-electron chi connectivity index (χ3n) is 5.89. The van der Waals surface area contributed by atoms with Gasteiger partial charge in [0.2, 0.25) is 0 Å². The monoisotopic (exact) mass is 368 g/mol. The van der Waals surface area contributed by atoms with Crippen LogP contribution in [0.15, 0.2) is 23.3 Å². The Bertz CT molecular complexity index is 524. The largest absolute Gasteiger partial charge is 0.388 e. The summed E-state index contributed by atoms with van der Waals surface area (Å²) in [6.45, 7) is 10.1. The van der Waals surface area contributed by atoms with E-state index in [9.17, 15) is 15.3 Å². The molecule has 3 N–H and O–H groups in total. The normalized spacial score (nSPS) is 37.6. The van der Waals surface area contributed by atoms with Crippen LogP contribution >= 0.6 is 0 Å². The van der Waals surface area contributed by atoms with E-state index < -0.39 is 36.3 Å². The summed E-state index contributed by atoms with van der Waals surface area (Å²) in [6.07, 6.45) is 4.06. The van der Waals surface area contributed by atoms with Gasteiger partial charge in [-0.3, -0.25) is 0 Å². The van der Waals surface area contributed by atoms with E-state index in [1.807, 2.05) is 0 Å². The van der Waals surface area contributed by atoms with Gasteiger partial charge in [0, 0.05) is 0 Å². The van der Waals surface area contributed by atoms with Gasteiger partial charge in [0.1, 0.15) is 18.3 Å². The van der Waals surface area contributed by atoms with Gasteiger partial charge in [-0.1, -0.05) is 23.3 Å². The van der Waals surface area contributed by atoms with E-state index in [1.165, 1.54) is 11.1 Å². The quantitative estimate of drug-likeness (QED) is 0.628. The van der Waals surface area contributed by atoms with Crippen molar-refractivity contribution in [1.29, 1.82) is 0 Å². The topological polar surface area (TPSA) is 79.2 Å². The van der Waals surface area contributed by atoms with Gasteiger partial charge < -0.3 is 24.8 Å². The molecule has 0 radical (unpaired) electrons. The highest BCUT2D eigenvalue weighted by Gasteiger charge is 2.46. The van der Waals surface area contributed by atoms with Crippen LogP contribution < -0.4 is 0 Å². The van der Waals surface area contributed by atoms with E-state index in [4.69, 9.17) is 9.47 Å². The highest BCUT2D eigenvalue weighted by molar-refractivity contribution is 5.07. The van der Waals surface area contributed by atoms with E-state index in [-0.39, 0.29) is 0 Å². The Morgan fingerprint density at radius 2 is 1.96 bits per heavy atom. The fraction of sp³-hybridized carbons (Fsp3) is 0.810. The van der Waals surface area contributed by atoms with Gasteiger partial charge in [0.25, 0.3) is 0 Å². The van der Waals surface area contributed by atoms with Crippen LogP contribution in [0.25, 0.3) is 0 Å². The minimum absolute atomic E-state index is 0.326. The molecular weight excluding hydrogens is 332 g/mol. The molecule has 0 aromatic carbocycles. The van der Waals surface area contributed by atoms with Crippen LogP contribution in [0.4, 0.5) is 0 Å². The van der Waals surface area contributed by atoms with Crippen molar-refractivity contribution < 1.29 is 24.8 Å². The van der Waals surface area contributed by atoms with Crippen LogP contribution in [0.2, 0.25) is 0 Å². The smallest absolute Gasteiger partial charge is 0.187 e. The Morgan fingerprint density at radius 3 is 2.54 bits per heavy atom. The Hall–Kier alpha value is -0.720. The fourth-order valence-electron chi connectivity index (χ4n) is 3.90. The molecule has 0 saturated carbocycles. The van der Waals surface area contributed by atoms with Crippen molar-refractivity contribution in [1.82, 2.24) is 0 Å². The van der Waals surface area contributed by atoms with Crippen molar-refractivity contribution in [2.75, 3.05) is 0 Å². The molecule has 1 aliphatic carbocycles. The van der Waals surface area contributed by atoms with E-state index in [2.05, 4.69) is 39.8 Å². The predicted octanol–water partition coefficient (Wildman–Crippen LogP) is 3.08. The zero-order valence-corrected chi connectivity index (χ0v) is 16.8. The molecule has 0 aromatic heterocycles. The third-order valence-corrected chi connectivity index (χ3v) is 5.89. The van der Waals surface area contributed by atoms with E-state index in [0.717, 1.165) is 32.1 Å². The first-order valence-corrected chi connectivity index (χ1v) is 9.80. The summed E-state index contributed by atoms with van der Waals surface area (Å²) in [5.41, 5.74) is 2.21. The lowest BCUT2D eigenvalue weighted by Crippen LogP contribution is -2.59. The number of rotatable bonds is 6.